The van der Waals surface area contributed by atoms with Gasteiger partial charge in [-0.25, -0.2) is 4.68 Å². The predicted molar refractivity (Wildman–Crippen MR) is 131 cm³/mol. The summed E-state index contributed by atoms with van der Waals surface area (Å²) in [5.74, 6) is -0.198. The first-order valence-electron chi connectivity index (χ1n) is 10.5. The molecule has 0 aliphatic heterocycles. The molecule has 4 nitrogen and oxygen atoms in total. The maximum Gasteiger partial charge on any atom is 0.270 e. The minimum atomic E-state index is -0.198. The van der Waals surface area contributed by atoms with E-state index in [1.165, 1.54) is 5.56 Å². The fraction of sp³-hybridized carbons (Fsp3) is 0.154. The lowest BCUT2D eigenvalue weighted by Crippen LogP contribution is -2.34. The van der Waals surface area contributed by atoms with Crippen molar-refractivity contribution in [3.05, 3.63) is 106 Å². The van der Waals surface area contributed by atoms with E-state index in [4.69, 9.17) is 23.2 Å². The Bertz CT molecular complexity index is 1220. The average Bonchev–Trinajstić information content (AvgIpc) is 3.24. The molecular weight excluding hydrogens is 441 g/mol. The van der Waals surface area contributed by atoms with Crippen LogP contribution in [0.4, 0.5) is 0 Å². The molecule has 162 valence electrons. The highest BCUT2D eigenvalue weighted by Crippen LogP contribution is 2.28. The van der Waals surface area contributed by atoms with Crippen LogP contribution in [0.5, 0.6) is 0 Å². The molecule has 4 rings (SSSR count). The lowest BCUT2D eigenvalue weighted by atomic mass is 10.1. The van der Waals surface area contributed by atoms with Crippen molar-refractivity contribution in [2.45, 2.75) is 25.8 Å². The molecule has 0 fully saturated rings. The highest BCUT2D eigenvalue weighted by atomic mass is 35.5. The summed E-state index contributed by atoms with van der Waals surface area (Å²) in [7, 11) is 0. The zero-order chi connectivity index (χ0) is 22.5. The molecular formula is C26H23Cl2N3O. The molecule has 4 aromatic rings. The minimum absolute atomic E-state index is 0.00539. The van der Waals surface area contributed by atoms with Crippen molar-refractivity contribution in [3.8, 4) is 16.9 Å². The Labute approximate surface area is 197 Å². The van der Waals surface area contributed by atoms with E-state index in [1.807, 2.05) is 55.5 Å². The minimum Gasteiger partial charge on any atom is -0.348 e. The second kappa shape index (κ2) is 10.0. The number of rotatable bonds is 7. The Hall–Kier alpha value is -3.08. The number of hydrogen-bond acceptors (Lipinski definition) is 2. The van der Waals surface area contributed by atoms with Gasteiger partial charge in [0.15, 0.2) is 0 Å². The van der Waals surface area contributed by atoms with E-state index in [1.54, 1.807) is 28.9 Å². The normalized spacial score (nSPS) is 11.8. The topological polar surface area (TPSA) is 46.9 Å². The molecule has 1 amide bonds. The summed E-state index contributed by atoms with van der Waals surface area (Å²) >= 11 is 12.6. The van der Waals surface area contributed by atoms with E-state index in [2.05, 4.69) is 22.5 Å². The van der Waals surface area contributed by atoms with E-state index >= 15 is 0 Å². The molecule has 32 heavy (non-hydrogen) atoms. The van der Waals surface area contributed by atoms with Crippen LogP contribution in [0.25, 0.3) is 16.9 Å². The van der Waals surface area contributed by atoms with Crippen LogP contribution in [0.1, 0.15) is 29.4 Å². The zero-order valence-corrected chi connectivity index (χ0v) is 19.1. The van der Waals surface area contributed by atoms with E-state index < -0.39 is 0 Å². The van der Waals surface area contributed by atoms with Crippen LogP contribution in [-0.4, -0.2) is 21.7 Å². The number of carbonyl (C=O) groups is 1. The lowest BCUT2D eigenvalue weighted by molar-refractivity contribution is 0.0930. The standard InChI is InChI=1S/C26H23Cl2N3O/c1-18(14-15-19-8-3-2-4-9-19)29-26(32)25-17-24(22-12-5-6-13-23(22)28)30-31(25)21-11-7-10-20(27)16-21/h2-13,16-18H,14-15H2,1H3,(H,29,32). The van der Waals surface area contributed by atoms with Crippen LogP contribution in [-0.2, 0) is 6.42 Å². The number of nitrogens with zero attached hydrogens (tertiary/aromatic N) is 2. The average molecular weight is 464 g/mol. The molecule has 0 bridgehead atoms. The summed E-state index contributed by atoms with van der Waals surface area (Å²) in [4.78, 5) is 13.2. The van der Waals surface area contributed by atoms with Crippen molar-refractivity contribution in [1.29, 1.82) is 0 Å². The number of aryl methyl sites for hydroxylation is 1. The van der Waals surface area contributed by atoms with Gasteiger partial charge in [0.05, 0.1) is 16.4 Å². The largest absolute Gasteiger partial charge is 0.348 e. The maximum absolute atomic E-state index is 13.2. The van der Waals surface area contributed by atoms with Crippen molar-refractivity contribution < 1.29 is 4.79 Å². The van der Waals surface area contributed by atoms with E-state index in [-0.39, 0.29) is 11.9 Å². The quantitative estimate of drug-likeness (QED) is 0.335. The van der Waals surface area contributed by atoms with Gasteiger partial charge in [0.1, 0.15) is 5.69 Å². The van der Waals surface area contributed by atoms with Crippen LogP contribution in [0.3, 0.4) is 0 Å². The molecule has 1 unspecified atom stereocenters. The molecule has 3 aromatic carbocycles. The van der Waals surface area contributed by atoms with Crippen LogP contribution in [0.15, 0.2) is 84.9 Å². The Kier molecular flexibility index (Phi) is 6.93. The van der Waals surface area contributed by atoms with Crippen LogP contribution < -0.4 is 5.32 Å². The number of carbonyl (C=O) groups excluding carboxylic acids is 1. The summed E-state index contributed by atoms with van der Waals surface area (Å²) in [5, 5.41) is 8.94. The Morgan fingerprint density at radius 1 is 0.969 bits per heavy atom. The van der Waals surface area contributed by atoms with Gasteiger partial charge in [0.2, 0.25) is 0 Å². The molecule has 0 saturated heterocycles. The summed E-state index contributed by atoms with van der Waals surface area (Å²) in [5.41, 5.74) is 3.77. The van der Waals surface area contributed by atoms with Crippen LogP contribution >= 0.6 is 23.2 Å². The molecule has 0 aliphatic rings. The van der Waals surface area contributed by atoms with Gasteiger partial charge in [-0.2, -0.15) is 5.10 Å². The van der Waals surface area contributed by atoms with Gasteiger partial charge in [-0.15, -0.1) is 0 Å². The first-order chi connectivity index (χ1) is 15.5. The number of nitrogens with one attached hydrogen (secondary N) is 1. The summed E-state index contributed by atoms with van der Waals surface area (Å²) < 4.78 is 1.61. The monoisotopic (exact) mass is 463 g/mol. The second-order valence-electron chi connectivity index (χ2n) is 7.69. The van der Waals surface area contributed by atoms with Crippen molar-refractivity contribution in [2.75, 3.05) is 0 Å². The SMILES string of the molecule is CC(CCc1ccccc1)NC(=O)c1cc(-c2ccccc2Cl)nn1-c1cccc(Cl)c1. The van der Waals surface area contributed by atoms with Gasteiger partial charge >= 0.3 is 0 Å². The number of halogens is 2. The summed E-state index contributed by atoms with van der Waals surface area (Å²) in [6.07, 6.45) is 1.72. The van der Waals surface area contributed by atoms with Crippen molar-refractivity contribution in [1.82, 2.24) is 15.1 Å². The van der Waals surface area contributed by atoms with Gasteiger partial charge in [-0.3, -0.25) is 4.79 Å². The Morgan fingerprint density at radius 2 is 1.72 bits per heavy atom. The van der Waals surface area contributed by atoms with E-state index in [0.29, 0.717) is 27.1 Å². The second-order valence-corrected chi connectivity index (χ2v) is 8.53. The molecule has 1 atom stereocenters. The molecule has 6 heteroatoms. The van der Waals surface area contributed by atoms with Crippen molar-refractivity contribution >= 4 is 29.1 Å². The number of hydrogen-bond donors (Lipinski definition) is 1. The highest BCUT2D eigenvalue weighted by Gasteiger charge is 2.20. The van der Waals surface area contributed by atoms with Crippen molar-refractivity contribution in [2.24, 2.45) is 0 Å². The first kappa shape index (κ1) is 22.1. The Morgan fingerprint density at radius 3 is 2.47 bits per heavy atom. The third-order valence-electron chi connectivity index (χ3n) is 5.23. The Balaban J connectivity index is 1.61. The summed E-state index contributed by atoms with van der Waals surface area (Å²) in [6.45, 7) is 2.01. The molecule has 0 saturated carbocycles. The lowest BCUT2D eigenvalue weighted by Gasteiger charge is -2.15. The maximum atomic E-state index is 13.2. The van der Waals surface area contributed by atoms with Gasteiger partial charge < -0.3 is 5.32 Å². The zero-order valence-electron chi connectivity index (χ0n) is 17.6. The number of amides is 1. The van der Waals surface area contributed by atoms with Gasteiger partial charge in [-0.05, 0) is 55.7 Å². The van der Waals surface area contributed by atoms with Crippen LogP contribution in [0.2, 0.25) is 10.0 Å². The number of benzene rings is 3. The number of aromatic nitrogens is 2. The van der Waals surface area contributed by atoms with Crippen LogP contribution in [0, 0.1) is 0 Å². The van der Waals surface area contributed by atoms with Gasteiger partial charge in [0.25, 0.3) is 5.91 Å². The van der Waals surface area contributed by atoms with Gasteiger partial charge in [0, 0.05) is 16.6 Å². The fourth-order valence-electron chi connectivity index (χ4n) is 3.55. The highest BCUT2D eigenvalue weighted by molar-refractivity contribution is 6.33. The first-order valence-corrected chi connectivity index (χ1v) is 11.2. The molecule has 0 aliphatic carbocycles. The van der Waals surface area contributed by atoms with E-state index in [9.17, 15) is 4.79 Å². The third kappa shape index (κ3) is 5.21. The molecule has 1 heterocycles. The fourth-order valence-corrected chi connectivity index (χ4v) is 3.96. The van der Waals surface area contributed by atoms with Crippen molar-refractivity contribution in [3.63, 3.8) is 0 Å². The predicted octanol–water partition coefficient (Wildman–Crippen LogP) is 6.60. The summed E-state index contributed by atoms with van der Waals surface area (Å²) in [6, 6.07) is 26.7. The van der Waals surface area contributed by atoms with Gasteiger partial charge in [-0.1, -0.05) is 77.8 Å². The molecule has 1 aromatic heterocycles. The smallest absolute Gasteiger partial charge is 0.270 e. The molecule has 0 radical (unpaired) electrons. The molecule has 1 N–H and O–H groups in total. The molecule has 0 spiro atoms. The third-order valence-corrected chi connectivity index (χ3v) is 5.80. The van der Waals surface area contributed by atoms with E-state index in [0.717, 1.165) is 18.4 Å².